The van der Waals surface area contributed by atoms with E-state index >= 15 is 0 Å². The van der Waals surface area contributed by atoms with Gasteiger partial charge in [0.05, 0.1) is 42.8 Å². The lowest BCUT2D eigenvalue weighted by Gasteiger charge is -2.44. The Bertz CT molecular complexity index is 1730. The van der Waals surface area contributed by atoms with Gasteiger partial charge in [0.2, 0.25) is 0 Å². The molecule has 230 valence electrons. The van der Waals surface area contributed by atoms with Gasteiger partial charge < -0.3 is 19.1 Å². The summed E-state index contributed by atoms with van der Waals surface area (Å²) in [4.78, 5) is 44.5. The molecule has 0 unspecified atom stereocenters. The topological polar surface area (TPSA) is 120 Å². The van der Waals surface area contributed by atoms with Gasteiger partial charge in [0.25, 0.3) is 5.56 Å². The molecule has 2 aromatic heterocycles. The number of aromatic nitrogens is 2. The predicted octanol–water partition coefficient (Wildman–Crippen LogP) is 5.78. The maximum absolute atomic E-state index is 13.7. The van der Waals surface area contributed by atoms with Crippen molar-refractivity contribution in [2.24, 2.45) is 5.92 Å². The van der Waals surface area contributed by atoms with E-state index in [0.29, 0.717) is 23.0 Å². The number of nitrogens with one attached hydrogen (secondary N) is 1. The number of ether oxygens (including phenoxy) is 2. The Morgan fingerprint density at radius 3 is 2.47 bits per heavy atom. The number of hydrogen-bond donors (Lipinski definition) is 2. The molecule has 1 atom stereocenters. The van der Waals surface area contributed by atoms with Crippen LogP contribution in [0.1, 0.15) is 78.5 Å². The fourth-order valence-corrected chi connectivity index (χ4v) is 9.58. The molecule has 43 heavy (non-hydrogen) atoms. The molecule has 0 radical (unpaired) electrons. The van der Waals surface area contributed by atoms with Crippen LogP contribution in [-0.2, 0) is 33.0 Å². The molecule has 10 heteroatoms. The first-order valence-electron chi connectivity index (χ1n) is 15.0. The van der Waals surface area contributed by atoms with Crippen LogP contribution >= 0.6 is 0 Å². The zero-order valence-electron chi connectivity index (χ0n) is 26.9. The summed E-state index contributed by atoms with van der Waals surface area (Å²) in [5.41, 5.74) is 1.05. The molecule has 0 saturated heterocycles. The zero-order valence-corrected chi connectivity index (χ0v) is 27.9. The van der Waals surface area contributed by atoms with Crippen molar-refractivity contribution in [1.82, 2.24) is 9.55 Å². The summed E-state index contributed by atoms with van der Waals surface area (Å²) in [5.74, 6) is -0.337. The van der Waals surface area contributed by atoms with Crippen molar-refractivity contribution in [1.29, 1.82) is 0 Å². The molecule has 1 amide bonds. The van der Waals surface area contributed by atoms with Gasteiger partial charge in [0, 0.05) is 16.5 Å². The van der Waals surface area contributed by atoms with Gasteiger partial charge in [-0.15, -0.1) is 0 Å². The van der Waals surface area contributed by atoms with Crippen LogP contribution in [0.15, 0.2) is 29.1 Å². The Labute approximate surface area is 253 Å². The van der Waals surface area contributed by atoms with Crippen molar-refractivity contribution in [2.45, 2.75) is 104 Å². The van der Waals surface area contributed by atoms with E-state index in [1.54, 1.807) is 17.6 Å². The van der Waals surface area contributed by atoms with Crippen LogP contribution in [0.5, 0.6) is 0 Å². The number of carbonyl (C=O) groups is 2. The number of esters is 1. The summed E-state index contributed by atoms with van der Waals surface area (Å²) in [7, 11) is -2.21. The van der Waals surface area contributed by atoms with Crippen molar-refractivity contribution >= 4 is 41.9 Å². The van der Waals surface area contributed by atoms with Gasteiger partial charge in [-0.05, 0) is 61.5 Å². The Kier molecular flexibility index (Phi) is 7.21. The van der Waals surface area contributed by atoms with Gasteiger partial charge >= 0.3 is 12.1 Å². The van der Waals surface area contributed by atoms with Crippen LogP contribution in [0.25, 0.3) is 22.3 Å². The first-order chi connectivity index (χ1) is 19.8. The maximum Gasteiger partial charge on any atom is 0.412 e. The third-order valence-electron chi connectivity index (χ3n) is 10.0. The number of amides is 1. The fraction of sp³-hybridized carbons (Fsp3) is 0.515. The van der Waals surface area contributed by atoms with Gasteiger partial charge in [-0.3, -0.25) is 10.1 Å². The number of carbonyl (C=O) groups excluding carboxylic acids is 2. The molecule has 0 aliphatic carbocycles. The van der Waals surface area contributed by atoms with Gasteiger partial charge in [0.1, 0.15) is 12.2 Å². The van der Waals surface area contributed by atoms with Gasteiger partial charge in [-0.1, -0.05) is 53.8 Å². The lowest BCUT2D eigenvalue weighted by Crippen LogP contribution is -2.53. The van der Waals surface area contributed by atoms with Crippen LogP contribution in [0.4, 0.5) is 10.5 Å². The van der Waals surface area contributed by atoms with Crippen LogP contribution in [0.3, 0.4) is 0 Å². The second kappa shape index (κ2) is 10.0. The van der Waals surface area contributed by atoms with Crippen molar-refractivity contribution in [3.05, 3.63) is 51.3 Å². The van der Waals surface area contributed by atoms with E-state index in [1.165, 1.54) is 0 Å². The molecule has 4 heterocycles. The molecular formula is C33H43N3O6Si. The molecule has 3 aromatic rings. The highest BCUT2D eigenvalue weighted by atomic mass is 28.3. The molecule has 1 aromatic carbocycles. The summed E-state index contributed by atoms with van der Waals surface area (Å²) in [6.45, 7) is 21.0. The third-order valence-corrected chi connectivity index (χ3v) is 15.6. The normalized spacial score (nSPS) is 18.3. The van der Waals surface area contributed by atoms with Crippen molar-refractivity contribution < 1.29 is 24.2 Å². The standard InChI is InChI=1S/C33H43N3O6Si/c1-11-33(40)22-15-24-26-19(16-36(24)28(37)21(22)17-41-29(33)38)14-20-23(34-30(39)42-31(4,5)6)12-13-25(27(20)35-26)43(9,10)32(7,8)18(2)3/h12-15,18,40H,11,16-17H2,1-10H3,(H,34,39)/t33-/m0/s1. The van der Waals surface area contributed by atoms with E-state index in [1.807, 2.05) is 32.9 Å². The summed E-state index contributed by atoms with van der Waals surface area (Å²) in [6.07, 6.45) is -0.482. The van der Waals surface area contributed by atoms with Gasteiger partial charge in [0.15, 0.2) is 5.60 Å². The second-order valence-electron chi connectivity index (χ2n) is 14.3. The molecule has 0 spiro atoms. The molecule has 2 N–H and O–H groups in total. The molecule has 0 saturated carbocycles. The first kappa shape index (κ1) is 30.9. The van der Waals surface area contributed by atoms with Gasteiger partial charge in [-0.25, -0.2) is 14.6 Å². The monoisotopic (exact) mass is 605 g/mol. The molecule has 5 rings (SSSR count). The highest BCUT2D eigenvalue weighted by Gasteiger charge is 2.46. The van der Waals surface area contributed by atoms with Crippen molar-refractivity contribution in [3.63, 3.8) is 0 Å². The molecule has 9 nitrogen and oxygen atoms in total. The Balaban J connectivity index is 1.77. The first-order valence-corrected chi connectivity index (χ1v) is 18.0. The Hall–Kier alpha value is -3.50. The quantitative estimate of drug-likeness (QED) is 0.219. The van der Waals surface area contributed by atoms with E-state index in [9.17, 15) is 19.5 Å². The Morgan fingerprint density at radius 2 is 1.86 bits per heavy atom. The number of hydrogen-bond acceptors (Lipinski definition) is 7. The van der Waals surface area contributed by atoms with Crippen LogP contribution in [-0.4, -0.2) is 40.4 Å². The number of pyridine rings is 2. The van der Waals surface area contributed by atoms with Crippen LogP contribution < -0.4 is 16.1 Å². The average molecular weight is 606 g/mol. The molecule has 2 aliphatic rings. The number of benzene rings is 1. The van der Waals surface area contributed by atoms with E-state index in [2.05, 4.69) is 52.2 Å². The largest absolute Gasteiger partial charge is 0.458 e. The number of aliphatic hydroxyl groups is 1. The SMILES string of the molecule is CC[C@@]1(O)C(=O)OCc2c1cc1n(c2=O)Cc2cc3c(NC(=O)OC(C)(C)C)ccc([Si](C)(C)C(C)(C)C(C)C)c3nc2-1. The lowest BCUT2D eigenvalue weighted by atomic mass is 9.86. The fourth-order valence-electron chi connectivity index (χ4n) is 6.16. The van der Waals surface area contributed by atoms with Crippen molar-refractivity contribution in [2.75, 3.05) is 5.32 Å². The number of anilines is 1. The molecular weight excluding hydrogens is 562 g/mol. The summed E-state index contributed by atoms with van der Waals surface area (Å²) < 4.78 is 12.4. The summed E-state index contributed by atoms with van der Waals surface area (Å²) in [6, 6.07) is 7.73. The smallest absolute Gasteiger partial charge is 0.412 e. The van der Waals surface area contributed by atoms with Gasteiger partial charge in [-0.2, -0.15) is 0 Å². The highest BCUT2D eigenvalue weighted by molar-refractivity contribution is 6.93. The minimum Gasteiger partial charge on any atom is -0.458 e. The minimum absolute atomic E-state index is 0.00658. The summed E-state index contributed by atoms with van der Waals surface area (Å²) >= 11 is 0. The van der Waals surface area contributed by atoms with E-state index in [-0.39, 0.29) is 41.3 Å². The highest BCUT2D eigenvalue weighted by Crippen LogP contribution is 2.45. The van der Waals surface area contributed by atoms with E-state index < -0.39 is 31.3 Å². The lowest BCUT2D eigenvalue weighted by molar-refractivity contribution is -0.172. The van der Waals surface area contributed by atoms with Crippen molar-refractivity contribution in [3.8, 4) is 11.4 Å². The summed E-state index contributed by atoms with van der Waals surface area (Å²) in [5, 5.41) is 16.1. The van der Waals surface area contributed by atoms with E-state index in [0.717, 1.165) is 21.7 Å². The number of cyclic esters (lactones) is 1. The second-order valence-corrected chi connectivity index (χ2v) is 19.4. The number of nitrogens with zero attached hydrogens (tertiary/aromatic N) is 2. The zero-order chi connectivity index (χ0) is 31.9. The number of rotatable bonds is 5. The Morgan fingerprint density at radius 1 is 1.19 bits per heavy atom. The molecule has 0 bridgehead atoms. The molecule has 2 aliphatic heterocycles. The van der Waals surface area contributed by atoms with Crippen LogP contribution in [0, 0.1) is 5.92 Å². The minimum atomic E-state index is -2.21. The maximum atomic E-state index is 13.7. The predicted molar refractivity (Wildman–Crippen MR) is 170 cm³/mol. The van der Waals surface area contributed by atoms with Crippen LogP contribution in [0.2, 0.25) is 18.1 Å². The van der Waals surface area contributed by atoms with E-state index in [4.69, 9.17) is 14.5 Å². The molecule has 0 fully saturated rings. The third kappa shape index (κ3) is 4.79. The average Bonchev–Trinajstić information content (AvgIpc) is 3.26. The number of fused-ring (bicyclic) bond motifs is 5.